The normalized spacial score (nSPS) is 17.7. The molecule has 1 aliphatic rings. The van der Waals surface area contributed by atoms with Gasteiger partial charge in [0.2, 0.25) is 5.91 Å². The summed E-state index contributed by atoms with van der Waals surface area (Å²) in [5.74, 6) is -4.64. The van der Waals surface area contributed by atoms with Crippen molar-refractivity contribution in [2.45, 2.75) is 6.04 Å². The van der Waals surface area contributed by atoms with Crippen LogP contribution in [0.2, 0.25) is 0 Å². The minimum Gasteiger partial charge on any atom is -0.478 e. The second-order valence-corrected chi connectivity index (χ2v) is 4.89. The van der Waals surface area contributed by atoms with Crippen molar-refractivity contribution in [1.29, 1.82) is 0 Å². The second-order valence-electron chi connectivity index (χ2n) is 3.90. The molecule has 2 amide bonds. The van der Waals surface area contributed by atoms with Crippen molar-refractivity contribution < 1.29 is 28.3 Å². The van der Waals surface area contributed by atoms with Crippen LogP contribution >= 0.6 is 11.8 Å². The molecule has 0 saturated carbocycles. The largest absolute Gasteiger partial charge is 0.478 e. The third-order valence-electron chi connectivity index (χ3n) is 2.54. The number of benzene rings is 1. The Kier molecular flexibility index (Phi) is 3.89. The van der Waals surface area contributed by atoms with Gasteiger partial charge in [-0.3, -0.25) is 9.59 Å². The van der Waals surface area contributed by atoms with Crippen LogP contribution in [0.1, 0.15) is 10.4 Å². The van der Waals surface area contributed by atoms with Gasteiger partial charge in [0.1, 0.15) is 6.04 Å². The Morgan fingerprint density at radius 2 is 2.00 bits per heavy atom. The molecular weight excluding hydrogens is 294 g/mol. The van der Waals surface area contributed by atoms with Crippen molar-refractivity contribution in [3.8, 4) is 0 Å². The first-order valence-electron chi connectivity index (χ1n) is 5.35. The number of nitrogens with one attached hydrogen (secondary N) is 2. The first kappa shape index (κ1) is 14.3. The van der Waals surface area contributed by atoms with Gasteiger partial charge in [0, 0.05) is 11.8 Å². The molecule has 0 aromatic heterocycles. The van der Waals surface area contributed by atoms with Crippen LogP contribution in [0, 0.1) is 11.6 Å². The molecule has 1 atom stereocenters. The summed E-state index contributed by atoms with van der Waals surface area (Å²) in [6.45, 7) is 0. The number of carboxylic acids is 1. The van der Waals surface area contributed by atoms with E-state index in [1.807, 2.05) is 0 Å². The summed E-state index contributed by atoms with van der Waals surface area (Å²) in [5, 5.41) is 13.0. The van der Waals surface area contributed by atoms with Gasteiger partial charge in [-0.05, 0) is 6.07 Å². The molecule has 1 fully saturated rings. The molecule has 0 bridgehead atoms. The van der Waals surface area contributed by atoms with Crippen LogP contribution in [-0.2, 0) is 4.79 Å². The van der Waals surface area contributed by atoms with Crippen LogP contribution in [0.15, 0.2) is 12.1 Å². The van der Waals surface area contributed by atoms with E-state index in [9.17, 15) is 23.2 Å². The summed E-state index contributed by atoms with van der Waals surface area (Å²) in [6.07, 6.45) is 0. The van der Waals surface area contributed by atoms with Crippen LogP contribution in [0.25, 0.3) is 0 Å². The van der Waals surface area contributed by atoms with Gasteiger partial charge in [-0.25, -0.2) is 13.6 Å². The van der Waals surface area contributed by atoms with Crippen molar-refractivity contribution in [3.05, 3.63) is 29.3 Å². The number of hydrogen-bond acceptors (Lipinski definition) is 4. The average Bonchev–Trinajstić information content (AvgIpc) is 2.80. The van der Waals surface area contributed by atoms with Crippen molar-refractivity contribution in [3.63, 3.8) is 0 Å². The van der Waals surface area contributed by atoms with E-state index in [1.165, 1.54) is 0 Å². The van der Waals surface area contributed by atoms with Crippen LogP contribution in [-0.4, -0.2) is 34.0 Å². The van der Waals surface area contributed by atoms with Crippen molar-refractivity contribution in [2.75, 3.05) is 11.1 Å². The quantitative estimate of drug-likeness (QED) is 0.785. The van der Waals surface area contributed by atoms with Gasteiger partial charge in [0.25, 0.3) is 5.24 Å². The molecule has 3 N–H and O–H groups in total. The summed E-state index contributed by atoms with van der Waals surface area (Å²) < 4.78 is 26.1. The van der Waals surface area contributed by atoms with E-state index in [0.29, 0.717) is 12.1 Å². The third-order valence-corrected chi connectivity index (χ3v) is 3.42. The number of amides is 2. The van der Waals surface area contributed by atoms with E-state index in [-0.39, 0.29) is 16.7 Å². The van der Waals surface area contributed by atoms with Crippen LogP contribution in [0.5, 0.6) is 0 Å². The number of carbonyl (C=O) groups is 3. The molecule has 106 valence electrons. The van der Waals surface area contributed by atoms with E-state index in [4.69, 9.17) is 5.11 Å². The molecule has 20 heavy (non-hydrogen) atoms. The topological polar surface area (TPSA) is 95.5 Å². The van der Waals surface area contributed by atoms with Gasteiger partial charge >= 0.3 is 5.97 Å². The van der Waals surface area contributed by atoms with Gasteiger partial charge < -0.3 is 15.7 Å². The van der Waals surface area contributed by atoms with Gasteiger partial charge in [-0.15, -0.1) is 0 Å². The predicted octanol–water partition coefficient (Wildman–Crippen LogP) is 1.43. The van der Waals surface area contributed by atoms with Gasteiger partial charge in [0.15, 0.2) is 11.6 Å². The molecule has 6 nitrogen and oxygen atoms in total. The molecule has 1 saturated heterocycles. The minimum absolute atomic E-state index is 0.177. The fourth-order valence-electron chi connectivity index (χ4n) is 1.57. The maximum absolute atomic E-state index is 13.1. The number of carboxylic acid groups (broad SMARTS) is 1. The second kappa shape index (κ2) is 5.45. The predicted molar refractivity (Wildman–Crippen MR) is 66.7 cm³/mol. The molecule has 9 heteroatoms. The SMILES string of the molecule is O=C1NC(C(=O)Nc2cc(F)c(F)cc2C(=O)O)CS1. The van der Waals surface area contributed by atoms with E-state index in [0.717, 1.165) is 11.8 Å². The highest BCUT2D eigenvalue weighted by Crippen LogP contribution is 2.21. The number of carbonyl (C=O) groups excluding carboxylic acids is 2. The lowest BCUT2D eigenvalue weighted by atomic mass is 10.1. The van der Waals surface area contributed by atoms with Crippen molar-refractivity contribution in [1.82, 2.24) is 5.32 Å². The molecule has 0 aliphatic carbocycles. The highest BCUT2D eigenvalue weighted by Gasteiger charge is 2.29. The lowest BCUT2D eigenvalue weighted by Crippen LogP contribution is -2.39. The Morgan fingerprint density at radius 3 is 2.55 bits per heavy atom. The summed E-state index contributed by atoms with van der Waals surface area (Å²) in [4.78, 5) is 33.7. The summed E-state index contributed by atoms with van der Waals surface area (Å²) >= 11 is 0.899. The number of halogens is 2. The number of anilines is 1. The molecule has 1 aromatic carbocycles. The highest BCUT2D eigenvalue weighted by atomic mass is 32.2. The van der Waals surface area contributed by atoms with Crippen molar-refractivity contribution in [2.24, 2.45) is 0 Å². The zero-order valence-electron chi connectivity index (χ0n) is 9.78. The molecule has 1 unspecified atom stereocenters. The smallest absolute Gasteiger partial charge is 0.337 e. The fraction of sp³-hybridized carbons (Fsp3) is 0.182. The zero-order valence-corrected chi connectivity index (χ0v) is 10.6. The first-order valence-corrected chi connectivity index (χ1v) is 6.33. The summed E-state index contributed by atoms with van der Waals surface area (Å²) in [5.41, 5.74) is -0.943. The molecule has 2 rings (SSSR count). The number of aromatic carboxylic acids is 1. The van der Waals surface area contributed by atoms with Gasteiger partial charge in [0.05, 0.1) is 11.3 Å². The molecule has 1 aromatic rings. The maximum Gasteiger partial charge on any atom is 0.337 e. The molecule has 0 radical (unpaired) electrons. The first-order chi connectivity index (χ1) is 9.38. The van der Waals surface area contributed by atoms with Crippen LogP contribution < -0.4 is 10.6 Å². The van der Waals surface area contributed by atoms with Gasteiger partial charge in [-0.2, -0.15) is 0 Å². The lowest BCUT2D eigenvalue weighted by molar-refractivity contribution is -0.117. The molecule has 0 spiro atoms. The van der Waals surface area contributed by atoms with E-state index >= 15 is 0 Å². The number of rotatable bonds is 3. The highest BCUT2D eigenvalue weighted by molar-refractivity contribution is 8.14. The number of hydrogen-bond donors (Lipinski definition) is 3. The third kappa shape index (κ3) is 2.87. The monoisotopic (exact) mass is 302 g/mol. The Morgan fingerprint density at radius 1 is 1.35 bits per heavy atom. The van der Waals surface area contributed by atoms with Crippen LogP contribution in [0.4, 0.5) is 19.3 Å². The molecule has 1 aliphatic heterocycles. The van der Waals surface area contributed by atoms with Crippen LogP contribution in [0.3, 0.4) is 0 Å². The lowest BCUT2D eigenvalue weighted by Gasteiger charge is -2.12. The van der Waals surface area contributed by atoms with E-state index in [1.54, 1.807) is 0 Å². The van der Waals surface area contributed by atoms with Crippen molar-refractivity contribution >= 4 is 34.6 Å². The Bertz CT molecular complexity index is 608. The van der Waals surface area contributed by atoms with E-state index in [2.05, 4.69) is 10.6 Å². The zero-order chi connectivity index (χ0) is 14.9. The Balaban J connectivity index is 2.24. The standard InChI is InChI=1S/C11H8F2N2O4S/c12-5-1-4(10(17)18)7(2-6(5)13)14-9(16)8-3-20-11(19)15-8/h1-2,8H,3H2,(H,14,16)(H,15,19)(H,17,18). The Hall–Kier alpha value is -2.16. The summed E-state index contributed by atoms with van der Waals surface area (Å²) in [7, 11) is 0. The minimum atomic E-state index is -1.51. The van der Waals surface area contributed by atoms with E-state index < -0.39 is 35.1 Å². The fourth-order valence-corrected chi connectivity index (χ4v) is 2.35. The summed E-state index contributed by atoms with van der Waals surface area (Å²) in [6, 6.07) is 0.220. The Labute approximate surface area is 115 Å². The maximum atomic E-state index is 13.1. The number of thioether (sulfide) groups is 1. The van der Waals surface area contributed by atoms with Gasteiger partial charge in [-0.1, -0.05) is 11.8 Å². The molecule has 1 heterocycles. The molecular formula is C11H8F2N2O4S. The average molecular weight is 302 g/mol.